The molecule has 0 aliphatic heterocycles. The molecule has 0 saturated carbocycles. The molecule has 0 radical (unpaired) electrons. The van der Waals surface area contributed by atoms with Crippen molar-refractivity contribution in [2.45, 2.75) is 0 Å². The molecule has 0 fully saturated rings. The number of anilines is 1. The molecule has 0 saturated heterocycles. The van der Waals surface area contributed by atoms with Gasteiger partial charge in [0.1, 0.15) is 11.5 Å². The average molecular weight is 399 g/mol. The van der Waals surface area contributed by atoms with Crippen LogP contribution in [0.3, 0.4) is 0 Å². The second-order valence-electron chi connectivity index (χ2n) is 5.63. The van der Waals surface area contributed by atoms with E-state index < -0.39 is 24.5 Å². The maximum atomic E-state index is 12.0. The predicted molar refractivity (Wildman–Crippen MR) is 106 cm³/mol. The molecule has 0 aliphatic carbocycles. The lowest BCUT2D eigenvalue weighted by Gasteiger charge is -2.09. The first kappa shape index (κ1) is 21.5. The van der Waals surface area contributed by atoms with Crippen LogP contribution in [0.4, 0.5) is 5.69 Å². The second kappa shape index (κ2) is 10.5. The molecule has 1 N–H and O–H groups in total. The third-order valence-corrected chi connectivity index (χ3v) is 3.79. The first-order chi connectivity index (χ1) is 14.0. The Morgan fingerprint density at radius 3 is 2.45 bits per heavy atom. The molecule has 8 heteroatoms. The third-order valence-electron chi connectivity index (χ3n) is 3.79. The number of benzene rings is 2. The van der Waals surface area contributed by atoms with Crippen LogP contribution in [-0.4, -0.2) is 45.8 Å². The van der Waals surface area contributed by atoms with Gasteiger partial charge in [0.15, 0.2) is 6.61 Å². The maximum absolute atomic E-state index is 12.0. The number of hydrogen-bond acceptors (Lipinski definition) is 7. The van der Waals surface area contributed by atoms with E-state index in [2.05, 4.69) is 10.1 Å². The zero-order valence-corrected chi connectivity index (χ0v) is 16.3. The third kappa shape index (κ3) is 6.10. The summed E-state index contributed by atoms with van der Waals surface area (Å²) in [5, 5.41) is 2.51. The van der Waals surface area contributed by atoms with E-state index in [1.807, 2.05) is 0 Å². The summed E-state index contributed by atoms with van der Waals surface area (Å²) in [7, 11) is 4.28. The lowest BCUT2D eigenvalue weighted by molar-refractivity contribution is -0.142. The normalized spacial score (nSPS) is 10.3. The Labute approximate surface area is 168 Å². The summed E-state index contributed by atoms with van der Waals surface area (Å²) >= 11 is 0. The summed E-state index contributed by atoms with van der Waals surface area (Å²) in [4.78, 5) is 35.6. The summed E-state index contributed by atoms with van der Waals surface area (Å²) in [5.41, 5.74) is 1.10. The standard InChI is InChI=1S/C21H21NO7/c1-26-15-10-8-14(18(12-15)27-2)9-11-20(24)29-13-19(23)22-17-7-5-4-6-16(17)21(25)28-3/h4-12H,13H2,1-3H3,(H,22,23)/b11-9+. The minimum Gasteiger partial charge on any atom is -0.497 e. The number of methoxy groups -OCH3 is 3. The van der Waals surface area contributed by atoms with Gasteiger partial charge in [-0.15, -0.1) is 0 Å². The van der Waals surface area contributed by atoms with Crippen molar-refractivity contribution in [3.8, 4) is 11.5 Å². The Bertz CT molecular complexity index is 921. The van der Waals surface area contributed by atoms with Gasteiger partial charge < -0.3 is 24.3 Å². The van der Waals surface area contributed by atoms with Crippen LogP contribution >= 0.6 is 0 Å². The fourth-order valence-electron chi connectivity index (χ4n) is 2.37. The molecule has 2 rings (SSSR count). The number of ether oxygens (including phenoxy) is 4. The summed E-state index contributed by atoms with van der Waals surface area (Å²) in [5.74, 6) is -0.755. The molecule has 0 aliphatic rings. The molecule has 0 bridgehead atoms. The van der Waals surface area contributed by atoms with Gasteiger partial charge in [-0.3, -0.25) is 4.79 Å². The van der Waals surface area contributed by atoms with Gasteiger partial charge in [0.25, 0.3) is 5.91 Å². The highest BCUT2D eigenvalue weighted by Gasteiger charge is 2.14. The van der Waals surface area contributed by atoms with Crippen molar-refractivity contribution in [3.63, 3.8) is 0 Å². The second-order valence-corrected chi connectivity index (χ2v) is 5.63. The van der Waals surface area contributed by atoms with Gasteiger partial charge in [-0.2, -0.15) is 0 Å². The van der Waals surface area contributed by atoms with Crippen LogP contribution in [0.5, 0.6) is 11.5 Å². The van der Waals surface area contributed by atoms with Gasteiger partial charge in [0, 0.05) is 17.7 Å². The first-order valence-electron chi connectivity index (χ1n) is 8.52. The van der Waals surface area contributed by atoms with E-state index in [4.69, 9.17) is 14.2 Å². The number of hydrogen-bond donors (Lipinski definition) is 1. The molecule has 0 atom stereocenters. The molecule has 0 spiro atoms. The van der Waals surface area contributed by atoms with E-state index >= 15 is 0 Å². The van der Waals surface area contributed by atoms with Gasteiger partial charge >= 0.3 is 11.9 Å². The molecule has 29 heavy (non-hydrogen) atoms. The lowest BCUT2D eigenvalue weighted by atomic mass is 10.1. The van der Waals surface area contributed by atoms with Gasteiger partial charge in [-0.25, -0.2) is 9.59 Å². The Hall–Kier alpha value is -3.81. The predicted octanol–water partition coefficient (Wildman–Crippen LogP) is 2.69. The van der Waals surface area contributed by atoms with Crippen LogP contribution in [0.25, 0.3) is 6.08 Å². The van der Waals surface area contributed by atoms with Crippen LogP contribution in [-0.2, 0) is 19.1 Å². The van der Waals surface area contributed by atoms with Crippen molar-refractivity contribution in [3.05, 3.63) is 59.7 Å². The van der Waals surface area contributed by atoms with E-state index in [0.29, 0.717) is 17.1 Å². The highest BCUT2D eigenvalue weighted by Crippen LogP contribution is 2.25. The number of amides is 1. The van der Waals surface area contributed by atoms with E-state index in [1.54, 1.807) is 36.4 Å². The zero-order chi connectivity index (χ0) is 21.2. The highest BCUT2D eigenvalue weighted by molar-refractivity contribution is 6.02. The fraction of sp³-hybridized carbons (Fsp3) is 0.190. The smallest absolute Gasteiger partial charge is 0.339 e. The molecule has 0 heterocycles. The van der Waals surface area contributed by atoms with Crippen molar-refractivity contribution < 1.29 is 33.3 Å². The average Bonchev–Trinajstić information content (AvgIpc) is 2.75. The van der Waals surface area contributed by atoms with Gasteiger partial charge in [-0.1, -0.05) is 12.1 Å². The van der Waals surface area contributed by atoms with Crippen molar-refractivity contribution in [2.24, 2.45) is 0 Å². The molecule has 8 nitrogen and oxygen atoms in total. The Balaban J connectivity index is 1.94. The SMILES string of the molecule is COC(=O)c1ccccc1NC(=O)COC(=O)/C=C/c1ccc(OC)cc1OC. The zero-order valence-electron chi connectivity index (χ0n) is 16.3. The van der Waals surface area contributed by atoms with Crippen molar-refractivity contribution in [2.75, 3.05) is 33.3 Å². The van der Waals surface area contributed by atoms with Crippen LogP contribution < -0.4 is 14.8 Å². The fourth-order valence-corrected chi connectivity index (χ4v) is 2.37. The summed E-state index contributed by atoms with van der Waals surface area (Å²) in [6.45, 7) is -0.515. The van der Waals surface area contributed by atoms with Crippen molar-refractivity contribution >= 4 is 29.6 Å². The summed E-state index contributed by atoms with van der Waals surface area (Å²) < 4.78 is 19.9. The van der Waals surface area contributed by atoms with E-state index in [1.165, 1.54) is 39.5 Å². The Morgan fingerprint density at radius 1 is 1.00 bits per heavy atom. The monoisotopic (exact) mass is 399 g/mol. The molecule has 2 aromatic carbocycles. The molecule has 2 aromatic rings. The first-order valence-corrected chi connectivity index (χ1v) is 8.52. The summed E-state index contributed by atoms with van der Waals surface area (Å²) in [6.07, 6.45) is 2.69. The van der Waals surface area contributed by atoms with E-state index in [9.17, 15) is 14.4 Å². The number of carbonyl (C=O) groups excluding carboxylic acids is 3. The Kier molecular flexibility index (Phi) is 7.78. The molecular weight excluding hydrogens is 378 g/mol. The molecule has 1 amide bonds. The maximum Gasteiger partial charge on any atom is 0.339 e. The van der Waals surface area contributed by atoms with Crippen LogP contribution in [0, 0.1) is 0 Å². The quantitative estimate of drug-likeness (QED) is 0.538. The number of esters is 2. The number of rotatable bonds is 8. The van der Waals surface area contributed by atoms with E-state index in [-0.39, 0.29) is 11.3 Å². The molecular formula is C21H21NO7. The molecule has 0 aromatic heterocycles. The van der Waals surface area contributed by atoms with Crippen LogP contribution in [0.2, 0.25) is 0 Å². The topological polar surface area (TPSA) is 100 Å². The van der Waals surface area contributed by atoms with Crippen molar-refractivity contribution in [1.82, 2.24) is 0 Å². The van der Waals surface area contributed by atoms with Gasteiger partial charge in [-0.05, 0) is 30.3 Å². The largest absolute Gasteiger partial charge is 0.497 e. The minimum absolute atomic E-state index is 0.196. The molecule has 152 valence electrons. The lowest BCUT2D eigenvalue weighted by Crippen LogP contribution is -2.21. The minimum atomic E-state index is -0.709. The van der Waals surface area contributed by atoms with Crippen LogP contribution in [0.15, 0.2) is 48.5 Å². The summed E-state index contributed by atoms with van der Waals surface area (Å²) in [6, 6.07) is 11.5. The van der Waals surface area contributed by atoms with Gasteiger partial charge in [0.2, 0.25) is 0 Å². The van der Waals surface area contributed by atoms with Crippen LogP contribution in [0.1, 0.15) is 15.9 Å². The van der Waals surface area contributed by atoms with Gasteiger partial charge in [0.05, 0.1) is 32.6 Å². The highest BCUT2D eigenvalue weighted by atomic mass is 16.5. The Morgan fingerprint density at radius 2 is 1.76 bits per heavy atom. The molecule has 0 unspecified atom stereocenters. The van der Waals surface area contributed by atoms with Crippen molar-refractivity contribution in [1.29, 1.82) is 0 Å². The number of carbonyl (C=O) groups is 3. The van der Waals surface area contributed by atoms with E-state index in [0.717, 1.165) is 0 Å². The number of nitrogens with one attached hydrogen (secondary N) is 1. The number of para-hydroxylation sites is 1.